The molecule has 128 valence electrons. The molecule has 2 saturated heterocycles. The Morgan fingerprint density at radius 2 is 2.00 bits per heavy atom. The van der Waals surface area contributed by atoms with Crippen molar-refractivity contribution >= 4 is 39.8 Å². The number of nitrogens with one attached hydrogen (secondary N) is 1. The molecule has 0 bridgehead atoms. The highest BCUT2D eigenvalue weighted by atomic mass is 127. The van der Waals surface area contributed by atoms with E-state index in [0.717, 1.165) is 43.9 Å². The van der Waals surface area contributed by atoms with Crippen LogP contribution in [0.1, 0.15) is 32.6 Å². The highest BCUT2D eigenvalue weighted by Gasteiger charge is 2.36. The second kappa shape index (κ2) is 7.68. The van der Waals surface area contributed by atoms with Crippen molar-refractivity contribution in [3.05, 3.63) is 0 Å². The Labute approximate surface area is 151 Å². The van der Waals surface area contributed by atoms with E-state index in [0.29, 0.717) is 18.1 Å². The van der Waals surface area contributed by atoms with Gasteiger partial charge in [-0.25, -0.2) is 8.42 Å². The SMILES string of the molecule is CCNC(=NCC1CCS(=O)(=O)C1)N1CCC(C2CC2)C1.I. The van der Waals surface area contributed by atoms with Gasteiger partial charge < -0.3 is 10.2 Å². The zero-order valence-electron chi connectivity index (χ0n) is 13.3. The van der Waals surface area contributed by atoms with Crippen LogP contribution in [0.25, 0.3) is 0 Å². The first kappa shape index (κ1) is 18.3. The van der Waals surface area contributed by atoms with Gasteiger partial charge in [-0.2, -0.15) is 0 Å². The number of hydrogen-bond acceptors (Lipinski definition) is 3. The molecule has 0 radical (unpaired) electrons. The molecule has 7 heteroatoms. The standard InChI is InChI=1S/C15H27N3O2S.HI/c1-2-16-15(17-9-12-6-8-21(19,20)11-12)18-7-5-14(10-18)13-3-4-13;/h12-14H,2-11H2,1H3,(H,16,17);1H. The lowest BCUT2D eigenvalue weighted by Crippen LogP contribution is -2.40. The maximum absolute atomic E-state index is 11.5. The van der Waals surface area contributed by atoms with Gasteiger partial charge in [-0.1, -0.05) is 0 Å². The molecular formula is C15H28IN3O2S. The maximum Gasteiger partial charge on any atom is 0.193 e. The van der Waals surface area contributed by atoms with Crippen molar-refractivity contribution in [2.75, 3.05) is 37.7 Å². The highest BCUT2D eigenvalue weighted by Crippen LogP contribution is 2.41. The van der Waals surface area contributed by atoms with Crippen molar-refractivity contribution < 1.29 is 8.42 Å². The zero-order chi connectivity index (χ0) is 14.9. The fraction of sp³-hybridized carbons (Fsp3) is 0.933. The summed E-state index contributed by atoms with van der Waals surface area (Å²) in [5.74, 6) is 3.67. The lowest BCUT2D eigenvalue weighted by atomic mass is 10.0. The molecule has 3 aliphatic rings. The van der Waals surface area contributed by atoms with Gasteiger partial charge in [0.05, 0.1) is 11.5 Å². The lowest BCUT2D eigenvalue weighted by Gasteiger charge is -2.22. The predicted octanol–water partition coefficient (Wildman–Crippen LogP) is 1.74. The largest absolute Gasteiger partial charge is 0.357 e. The van der Waals surface area contributed by atoms with Gasteiger partial charge in [-0.05, 0) is 50.4 Å². The van der Waals surface area contributed by atoms with E-state index in [4.69, 9.17) is 4.99 Å². The van der Waals surface area contributed by atoms with Gasteiger partial charge in [0, 0.05) is 26.2 Å². The molecule has 1 N–H and O–H groups in total. The van der Waals surface area contributed by atoms with Gasteiger partial charge in [0.15, 0.2) is 15.8 Å². The number of halogens is 1. The fourth-order valence-corrected chi connectivity index (χ4v) is 5.44. The van der Waals surface area contributed by atoms with Crippen molar-refractivity contribution in [2.24, 2.45) is 22.7 Å². The summed E-state index contributed by atoms with van der Waals surface area (Å²) in [6.07, 6.45) is 4.88. The van der Waals surface area contributed by atoms with Crippen molar-refractivity contribution in [1.82, 2.24) is 10.2 Å². The summed E-state index contributed by atoms with van der Waals surface area (Å²) in [5.41, 5.74) is 0. The third-order valence-electron chi connectivity index (χ3n) is 4.97. The molecule has 22 heavy (non-hydrogen) atoms. The number of sulfone groups is 1. The third kappa shape index (κ3) is 4.72. The van der Waals surface area contributed by atoms with Crippen molar-refractivity contribution in [2.45, 2.75) is 32.6 Å². The fourth-order valence-electron chi connectivity index (χ4n) is 3.59. The van der Waals surface area contributed by atoms with Crippen LogP contribution in [0.4, 0.5) is 0 Å². The molecular weight excluding hydrogens is 413 g/mol. The van der Waals surface area contributed by atoms with Crippen LogP contribution in [0.2, 0.25) is 0 Å². The Morgan fingerprint density at radius 1 is 1.23 bits per heavy atom. The van der Waals surface area contributed by atoms with Crippen LogP contribution in [-0.2, 0) is 9.84 Å². The van der Waals surface area contributed by atoms with Crippen molar-refractivity contribution in [3.63, 3.8) is 0 Å². The Bertz CT molecular complexity index is 505. The Balaban J connectivity index is 0.00000176. The zero-order valence-corrected chi connectivity index (χ0v) is 16.5. The summed E-state index contributed by atoms with van der Waals surface area (Å²) in [5, 5.41) is 3.38. The monoisotopic (exact) mass is 441 g/mol. The van der Waals surface area contributed by atoms with E-state index in [-0.39, 0.29) is 29.9 Å². The topological polar surface area (TPSA) is 61.8 Å². The average molecular weight is 441 g/mol. The van der Waals surface area contributed by atoms with E-state index in [1.54, 1.807) is 0 Å². The summed E-state index contributed by atoms with van der Waals surface area (Å²) in [4.78, 5) is 7.10. The first-order valence-corrected chi connectivity index (χ1v) is 10.1. The molecule has 2 heterocycles. The number of rotatable bonds is 4. The molecule has 2 atom stereocenters. The molecule has 0 aromatic carbocycles. The lowest BCUT2D eigenvalue weighted by molar-refractivity contribution is 0.434. The molecule has 0 amide bonds. The maximum atomic E-state index is 11.5. The van der Waals surface area contributed by atoms with Crippen LogP contribution in [-0.4, -0.2) is 57.0 Å². The van der Waals surface area contributed by atoms with E-state index < -0.39 is 9.84 Å². The van der Waals surface area contributed by atoms with Crippen molar-refractivity contribution in [1.29, 1.82) is 0 Å². The van der Waals surface area contributed by atoms with E-state index in [1.165, 1.54) is 19.3 Å². The molecule has 2 aliphatic heterocycles. The number of hydrogen-bond donors (Lipinski definition) is 1. The summed E-state index contributed by atoms with van der Waals surface area (Å²) in [6.45, 7) is 5.82. The molecule has 0 aromatic rings. The van der Waals surface area contributed by atoms with Crippen LogP contribution in [0.15, 0.2) is 4.99 Å². The van der Waals surface area contributed by atoms with Gasteiger partial charge in [-0.15, -0.1) is 24.0 Å². The highest BCUT2D eigenvalue weighted by molar-refractivity contribution is 14.0. The van der Waals surface area contributed by atoms with Crippen LogP contribution in [0.3, 0.4) is 0 Å². The molecule has 1 saturated carbocycles. The van der Waals surface area contributed by atoms with E-state index in [1.807, 2.05) is 0 Å². The van der Waals surface area contributed by atoms with Gasteiger partial charge in [0.25, 0.3) is 0 Å². The quantitative estimate of drug-likeness (QED) is 0.410. The Morgan fingerprint density at radius 3 is 2.59 bits per heavy atom. The first-order valence-electron chi connectivity index (χ1n) is 8.31. The van der Waals surface area contributed by atoms with Crippen LogP contribution in [0.5, 0.6) is 0 Å². The molecule has 0 spiro atoms. The first-order chi connectivity index (χ1) is 10.1. The number of nitrogens with zero attached hydrogens (tertiary/aromatic N) is 2. The Kier molecular flexibility index (Phi) is 6.39. The molecule has 1 aliphatic carbocycles. The summed E-state index contributed by atoms with van der Waals surface area (Å²) in [6, 6.07) is 0. The minimum absolute atomic E-state index is 0. The van der Waals surface area contributed by atoms with Gasteiger partial charge in [-0.3, -0.25) is 4.99 Å². The smallest absolute Gasteiger partial charge is 0.193 e. The number of guanidine groups is 1. The Hall–Kier alpha value is -0.0500. The second-order valence-electron chi connectivity index (χ2n) is 6.80. The van der Waals surface area contributed by atoms with Crippen LogP contribution >= 0.6 is 24.0 Å². The van der Waals surface area contributed by atoms with Crippen molar-refractivity contribution in [3.8, 4) is 0 Å². The second-order valence-corrected chi connectivity index (χ2v) is 9.02. The summed E-state index contributed by atoms with van der Waals surface area (Å²) >= 11 is 0. The van der Waals surface area contributed by atoms with Gasteiger partial charge in [0.2, 0.25) is 0 Å². The molecule has 3 fully saturated rings. The van der Waals surface area contributed by atoms with E-state index in [2.05, 4.69) is 17.1 Å². The van der Waals surface area contributed by atoms with Crippen LogP contribution < -0.4 is 5.32 Å². The molecule has 3 rings (SSSR count). The third-order valence-corrected chi connectivity index (χ3v) is 6.81. The van der Waals surface area contributed by atoms with Gasteiger partial charge >= 0.3 is 0 Å². The average Bonchev–Trinajstić information content (AvgIpc) is 3.07. The normalized spacial score (nSPS) is 31.1. The number of aliphatic imine (C=N–C) groups is 1. The summed E-state index contributed by atoms with van der Waals surface area (Å²) < 4.78 is 23.0. The molecule has 5 nitrogen and oxygen atoms in total. The number of likely N-dealkylation sites (tertiary alicyclic amines) is 1. The molecule has 2 unspecified atom stereocenters. The minimum atomic E-state index is -2.79. The van der Waals surface area contributed by atoms with Gasteiger partial charge in [0.1, 0.15) is 0 Å². The van der Waals surface area contributed by atoms with E-state index in [9.17, 15) is 8.42 Å². The summed E-state index contributed by atoms with van der Waals surface area (Å²) in [7, 11) is -2.79. The van der Waals surface area contributed by atoms with Crippen LogP contribution in [0, 0.1) is 17.8 Å². The minimum Gasteiger partial charge on any atom is -0.357 e. The molecule has 0 aromatic heterocycles. The van der Waals surface area contributed by atoms with E-state index >= 15 is 0 Å². The predicted molar refractivity (Wildman–Crippen MR) is 101 cm³/mol.